The van der Waals surface area contributed by atoms with Gasteiger partial charge in [-0.05, 0) is 114 Å². The Kier molecular flexibility index (Phi) is 13.4. The number of benzene rings is 9. The number of pyridine rings is 1. The second kappa shape index (κ2) is 22.2. The van der Waals surface area contributed by atoms with Crippen molar-refractivity contribution in [1.29, 1.82) is 0 Å². The van der Waals surface area contributed by atoms with Crippen molar-refractivity contribution in [3.63, 3.8) is 0 Å². The van der Waals surface area contributed by atoms with Gasteiger partial charge in [-0.25, -0.2) is 9.83 Å². The van der Waals surface area contributed by atoms with Crippen LogP contribution in [0.3, 0.4) is 0 Å². The predicted molar refractivity (Wildman–Crippen MR) is 358 cm³/mol. The molecule has 13 rings (SSSR count). The van der Waals surface area contributed by atoms with Crippen LogP contribution < -0.4 is 14.5 Å². The quantitative estimate of drug-likeness (QED) is 0.128. The van der Waals surface area contributed by atoms with E-state index in [0.717, 1.165) is 82.9 Å². The Bertz CT molecular complexity index is 4930. The first-order chi connectivity index (χ1) is 43.2. The van der Waals surface area contributed by atoms with Crippen LogP contribution in [0.15, 0.2) is 186 Å². The third kappa shape index (κ3) is 10.5. The first-order valence-electron chi connectivity index (χ1n) is 32.2. The number of anilines is 4. The normalized spacial score (nSPS) is 13.7. The van der Waals surface area contributed by atoms with Crippen LogP contribution in [-0.4, -0.2) is 9.55 Å². The van der Waals surface area contributed by atoms with Crippen LogP contribution in [0.5, 0.6) is 11.5 Å². The van der Waals surface area contributed by atoms with Crippen molar-refractivity contribution in [2.75, 3.05) is 9.80 Å². The smallest absolute Gasteiger partial charge is 0.229 e. The minimum atomic E-state index is -0.454. The number of nitrogens with zero attached hydrogens (tertiary/aromatic N) is 5. The van der Waals surface area contributed by atoms with Gasteiger partial charge >= 0.3 is 0 Å². The molecule has 438 valence electrons. The van der Waals surface area contributed by atoms with Crippen LogP contribution in [0, 0.1) is 25.4 Å². The van der Waals surface area contributed by atoms with E-state index in [1.165, 1.54) is 11.1 Å². The minimum Gasteiger partial charge on any atom is -0.509 e. The standard InChI is InChI=1S/C79H72N5O2.Pt/c1-48(2)59-25-20-26-60(49(3)4)72(59)52-41-56(82-47-83(68-32-19-18-31-67(68)82)74-61(50-23-16-15-17-24-50)27-21-28-62(74)51-39-54(78(8,9)10)43-55(40-51)79(11,12)13)45-58(42-52)85-57-33-34-65-70(46-57)84(71-44-53(37-38-81-71)77(5,6)7)69-36-35-64-63-29-22-30-66(80-14)75(63)86-76(64)73(65)69;/h15-44,47-49H,1-13H3;/q-3;/i15D,16D,17D,23D,24D;. The van der Waals surface area contributed by atoms with Gasteiger partial charge < -0.3 is 23.5 Å². The van der Waals surface area contributed by atoms with Gasteiger partial charge in [0.05, 0.1) is 13.4 Å². The average molecular weight is 1320 g/mol. The average Bonchev–Trinajstić information content (AvgIpc) is 1.49. The van der Waals surface area contributed by atoms with Gasteiger partial charge in [-0.1, -0.05) is 216 Å². The zero-order valence-corrected chi connectivity index (χ0v) is 53.8. The summed E-state index contributed by atoms with van der Waals surface area (Å²) < 4.78 is 61.6. The number of aromatic nitrogens is 2. The molecule has 87 heavy (non-hydrogen) atoms. The summed E-state index contributed by atoms with van der Waals surface area (Å²) in [5.74, 6) is 1.93. The summed E-state index contributed by atoms with van der Waals surface area (Å²) >= 11 is 0. The number of hydrogen-bond acceptors (Lipinski definition) is 5. The molecule has 0 aliphatic carbocycles. The molecule has 7 nitrogen and oxygen atoms in total. The number of ether oxygens (including phenoxy) is 1. The Morgan fingerprint density at radius 1 is 0.586 bits per heavy atom. The molecule has 0 unspecified atom stereocenters. The van der Waals surface area contributed by atoms with Crippen molar-refractivity contribution < 1.29 is 37.1 Å². The van der Waals surface area contributed by atoms with Crippen molar-refractivity contribution in [1.82, 2.24) is 9.55 Å². The molecule has 4 heterocycles. The Labute approximate surface area is 534 Å². The van der Waals surface area contributed by atoms with E-state index >= 15 is 0 Å². The Morgan fingerprint density at radius 2 is 1.21 bits per heavy atom. The summed E-state index contributed by atoms with van der Waals surface area (Å²) in [7, 11) is 0. The van der Waals surface area contributed by atoms with Crippen LogP contribution >= 0.6 is 0 Å². The summed E-state index contributed by atoms with van der Waals surface area (Å²) in [5.41, 5.74) is 15.7. The SMILES string of the molecule is [2H]c1c([2H])c([2H])c(-c2cccc(-c3cc(C(C)(C)C)cc(C(C)(C)C)c3)c2N2[CH-]N(c3[c-]c(Oc4[c-]c5c(cc4)c4c6oc7c([N+]#[C-])cccc7c6ccc4n5-c4cc(C(C)(C)C)ccn4)cc(-c4c(C(C)C)cccc4C(C)C)c3)c3ccccc32)c([2H])c1[2H].[Pt]. The topological polar surface area (TPSA) is 51.0 Å². The summed E-state index contributed by atoms with van der Waals surface area (Å²) in [5, 5.41) is 3.52. The molecule has 0 saturated heterocycles. The number of para-hydroxylation sites is 4. The van der Waals surface area contributed by atoms with E-state index < -0.39 is 18.1 Å². The van der Waals surface area contributed by atoms with Crippen molar-refractivity contribution in [2.24, 2.45) is 0 Å². The molecule has 0 saturated carbocycles. The zero-order valence-electron chi connectivity index (χ0n) is 56.5. The van der Waals surface area contributed by atoms with Gasteiger partial charge in [0, 0.05) is 83.2 Å². The van der Waals surface area contributed by atoms with E-state index in [-0.39, 0.29) is 66.8 Å². The van der Waals surface area contributed by atoms with Gasteiger partial charge in [0.2, 0.25) is 5.69 Å². The molecule has 0 spiro atoms. The minimum absolute atomic E-state index is 0. The molecule has 0 amide bonds. The van der Waals surface area contributed by atoms with Crippen molar-refractivity contribution in [3.05, 3.63) is 240 Å². The fraction of sp³-hybridized carbons (Fsp3) is 0.228. The fourth-order valence-corrected chi connectivity index (χ4v) is 12.3. The summed E-state index contributed by atoms with van der Waals surface area (Å²) in [6.07, 6.45) is 1.86. The maximum atomic E-state index is 9.46. The van der Waals surface area contributed by atoms with Gasteiger partial charge in [0.1, 0.15) is 17.0 Å². The largest absolute Gasteiger partial charge is 0.509 e. The van der Waals surface area contributed by atoms with Crippen molar-refractivity contribution in [2.45, 2.75) is 118 Å². The molecular weight excluding hydrogens is 1250 g/mol. The van der Waals surface area contributed by atoms with E-state index in [0.29, 0.717) is 51.1 Å². The molecular formula is C79H72N5O2Pt-3. The second-order valence-corrected chi connectivity index (χ2v) is 26.5. The summed E-state index contributed by atoms with van der Waals surface area (Å²) in [6, 6.07) is 55.3. The molecule has 1 aliphatic rings. The first-order valence-corrected chi connectivity index (χ1v) is 29.7. The zero-order chi connectivity index (χ0) is 64.5. The second-order valence-electron chi connectivity index (χ2n) is 26.5. The number of rotatable bonds is 10. The maximum Gasteiger partial charge on any atom is 0.229 e. The van der Waals surface area contributed by atoms with Crippen molar-refractivity contribution in [3.8, 4) is 50.7 Å². The van der Waals surface area contributed by atoms with Crippen LogP contribution in [0.1, 0.15) is 137 Å². The van der Waals surface area contributed by atoms with E-state index in [9.17, 15) is 2.74 Å². The Balaban J connectivity index is 0.00000816. The Morgan fingerprint density at radius 3 is 1.86 bits per heavy atom. The van der Waals surface area contributed by atoms with E-state index in [1.54, 1.807) is 6.07 Å². The molecule has 0 radical (unpaired) electrons. The Hall–Kier alpha value is -8.69. The summed E-state index contributed by atoms with van der Waals surface area (Å²) in [6.45, 7) is 38.8. The molecule has 0 bridgehead atoms. The number of fused-ring (bicyclic) bond motifs is 8. The third-order valence-electron chi connectivity index (χ3n) is 16.8. The molecule has 12 aromatic rings. The molecule has 3 aromatic heterocycles. The van der Waals surface area contributed by atoms with Crippen molar-refractivity contribution >= 4 is 72.2 Å². The predicted octanol–water partition coefficient (Wildman–Crippen LogP) is 22.6. The van der Waals surface area contributed by atoms with E-state index in [2.05, 4.69) is 218 Å². The molecule has 1 aliphatic heterocycles. The monoisotopic (exact) mass is 1320 g/mol. The molecule has 8 heteroatoms. The molecule has 9 aromatic carbocycles. The van der Waals surface area contributed by atoms with E-state index in [1.807, 2.05) is 55.3 Å². The van der Waals surface area contributed by atoms with Gasteiger partial charge in [-0.2, -0.15) is 6.07 Å². The van der Waals surface area contributed by atoms with Crippen LogP contribution in [0.25, 0.3) is 87.8 Å². The molecule has 0 atom stereocenters. The fourth-order valence-electron chi connectivity index (χ4n) is 12.3. The van der Waals surface area contributed by atoms with E-state index in [4.69, 9.17) is 24.8 Å². The first kappa shape index (κ1) is 52.6. The maximum absolute atomic E-state index is 9.46. The number of furan rings is 1. The van der Waals surface area contributed by atoms with Crippen LogP contribution in [-0.2, 0) is 37.3 Å². The van der Waals surface area contributed by atoms with Crippen LogP contribution in [0.2, 0.25) is 0 Å². The van der Waals surface area contributed by atoms with Crippen LogP contribution in [0.4, 0.5) is 28.4 Å². The van der Waals surface area contributed by atoms with Gasteiger partial charge in [0.15, 0.2) is 0 Å². The molecule has 0 N–H and O–H groups in total. The van der Waals surface area contributed by atoms with Gasteiger partial charge in [-0.15, -0.1) is 48.3 Å². The van der Waals surface area contributed by atoms with Gasteiger partial charge in [-0.3, -0.25) is 0 Å². The number of hydrogen-bond donors (Lipinski definition) is 0. The molecule has 0 fully saturated rings. The van der Waals surface area contributed by atoms with Gasteiger partial charge in [0.25, 0.3) is 0 Å². The third-order valence-corrected chi connectivity index (χ3v) is 16.8. The summed E-state index contributed by atoms with van der Waals surface area (Å²) in [4.78, 5) is 13.1.